The molecule has 0 aliphatic heterocycles. The number of alkyl halides is 4. The topological polar surface area (TPSA) is 110 Å². The number of hydrogen-bond acceptors (Lipinski definition) is 7. The predicted octanol–water partition coefficient (Wildman–Crippen LogP) is 5.54. The highest BCUT2D eigenvalue weighted by Crippen LogP contribution is 2.42. The average molecular weight is 666 g/mol. The molecule has 0 spiro atoms. The van der Waals surface area contributed by atoms with E-state index in [2.05, 4.69) is 20.2 Å². The van der Waals surface area contributed by atoms with Crippen molar-refractivity contribution in [2.24, 2.45) is 0 Å². The molecule has 198 valence electrons. The Balaban J connectivity index is 1.40. The summed E-state index contributed by atoms with van der Waals surface area (Å²) >= 11 is 3.01. The number of ether oxygens (including phenoxy) is 1. The molecule has 8 nitrogen and oxygen atoms in total. The first-order valence-electron chi connectivity index (χ1n) is 11.1. The number of nitrogens with zero attached hydrogens (tertiary/aromatic N) is 2. The summed E-state index contributed by atoms with van der Waals surface area (Å²) in [5, 5.41) is 11.6. The number of benzene rings is 2. The lowest BCUT2D eigenvalue weighted by Crippen LogP contribution is -2.27. The lowest BCUT2D eigenvalue weighted by atomic mass is 10.1. The van der Waals surface area contributed by atoms with E-state index in [4.69, 9.17) is 4.74 Å². The van der Waals surface area contributed by atoms with Crippen LogP contribution in [0.1, 0.15) is 58.6 Å². The molecule has 1 aliphatic rings. The fourth-order valence-electron chi connectivity index (χ4n) is 3.61. The molecule has 1 fully saturated rings. The molecule has 4 rings (SSSR count). The van der Waals surface area contributed by atoms with Gasteiger partial charge in [-0.15, -0.1) is 10.2 Å². The fourth-order valence-corrected chi connectivity index (χ4v) is 5.92. The van der Waals surface area contributed by atoms with Crippen LogP contribution in [0, 0.1) is 0 Å². The van der Waals surface area contributed by atoms with Crippen molar-refractivity contribution < 1.29 is 31.1 Å². The van der Waals surface area contributed by atoms with Crippen molar-refractivity contribution in [2.45, 2.75) is 49.2 Å². The molecule has 1 saturated carbocycles. The van der Waals surface area contributed by atoms with E-state index in [1.165, 1.54) is 23.5 Å². The minimum absolute atomic E-state index is 0.0140. The minimum Gasteiger partial charge on any atom is -0.482 e. The summed E-state index contributed by atoms with van der Waals surface area (Å²) in [5.74, 6) is -0.597. The standard InChI is InChI=1S/C23H22F3IN4O4S2/c1-12(2)21-29-30-22(36-21)31-37(33,34)15-6-3-13(4-7-15)17-10-18(17)28-20(32)16-8-5-14(23(24,25)26)9-19(16)35-11-27/h3-9,12,17-18H,10-11H2,1-2H3,(H,28,32)(H,30,31)/t17-,18+/m0/s1. The zero-order valence-corrected chi connectivity index (χ0v) is 23.3. The van der Waals surface area contributed by atoms with E-state index in [1.807, 2.05) is 36.4 Å². The van der Waals surface area contributed by atoms with E-state index in [0.29, 0.717) is 6.42 Å². The molecule has 0 bridgehead atoms. The van der Waals surface area contributed by atoms with Crippen LogP contribution in [0.3, 0.4) is 0 Å². The summed E-state index contributed by atoms with van der Waals surface area (Å²) in [6.45, 7) is 3.87. The molecule has 2 aromatic carbocycles. The Morgan fingerprint density at radius 2 is 1.89 bits per heavy atom. The number of sulfonamides is 1. The number of carbonyl (C=O) groups is 1. The quantitative estimate of drug-likeness (QED) is 0.230. The molecular formula is C23H22F3IN4O4S2. The maximum absolute atomic E-state index is 13.0. The van der Waals surface area contributed by atoms with Crippen molar-refractivity contribution in [2.75, 3.05) is 9.34 Å². The van der Waals surface area contributed by atoms with E-state index in [0.717, 1.165) is 28.8 Å². The molecule has 2 atom stereocenters. The SMILES string of the molecule is CC(C)c1nnc(NS(=O)(=O)c2ccc([C@@H]3C[C@H]3NC(=O)c3ccc(C(F)(F)F)cc3OCI)cc2)s1. The molecule has 0 unspecified atom stereocenters. The molecule has 1 aromatic heterocycles. The number of hydrogen-bond donors (Lipinski definition) is 2. The van der Waals surface area contributed by atoms with Gasteiger partial charge in [-0.3, -0.25) is 9.52 Å². The monoisotopic (exact) mass is 666 g/mol. The third-order valence-electron chi connectivity index (χ3n) is 5.65. The average Bonchev–Trinajstić information content (AvgIpc) is 3.43. The molecule has 2 N–H and O–H groups in total. The van der Waals surface area contributed by atoms with Gasteiger partial charge in [0.2, 0.25) is 5.13 Å². The van der Waals surface area contributed by atoms with Crippen LogP contribution in [0.15, 0.2) is 47.4 Å². The summed E-state index contributed by atoms with van der Waals surface area (Å²) < 4.78 is 72.3. The summed E-state index contributed by atoms with van der Waals surface area (Å²) in [4.78, 5) is 12.8. The van der Waals surface area contributed by atoms with Crippen molar-refractivity contribution in [1.29, 1.82) is 0 Å². The second-order valence-corrected chi connectivity index (χ2v) is 12.0. The van der Waals surface area contributed by atoms with Crippen LogP contribution in [0.5, 0.6) is 5.75 Å². The number of nitrogens with one attached hydrogen (secondary N) is 2. The van der Waals surface area contributed by atoms with E-state index in [-0.39, 0.29) is 43.8 Å². The lowest BCUT2D eigenvalue weighted by molar-refractivity contribution is -0.137. The highest BCUT2D eigenvalue weighted by molar-refractivity contribution is 14.1. The summed E-state index contributed by atoms with van der Waals surface area (Å²) in [5.41, 5.74) is -0.0530. The minimum atomic E-state index is -4.55. The Morgan fingerprint density at radius 1 is 1.19 bits per heavy atom. The van der Waals surface area contributed by atoms with Gasteiger partial charge in [0.1, 0.15) is 15.4 Å². The smallest absolute Gasteiger partial charge is 0.416 e. The summed E-state index contributed by atoms with van der Waals surface area (Å²) in [6, 6.07) is 8.82. The van der Waals surface area contributed by atoms with Crippen molar-refractivity contribution in [3.8, 4) is 5.75 Å². The van der Waals surface area contributed by atoms with Gasteiger partial charge in [0.25, 0.3) is 15.9 Å². The highest BCUT2D eigenvalue weighted by Gasteiger charge is 2.40. The summed E-state index contributed by atoms with van der Waals surface area (Å²) in [6.07, 6.45) is -3.94. The van der Waals surface area contributed by atoms with Gasteiger partial charge in [0, 0.05) is 17.9 Å². The first-order chi connectivity index (χ1) is 17.4. The Bertz CT molecular complexity index is 1400. The first-order valence-corrected chi connectivity index (χ1v) is 14.9. The summed E-state index contributed by atoms with van der Waals surface area (Å²) in [7, 11) is -3.85. The van der Waals surface area contributed by atoms with Crippen LogP contribution in [-0.4, -0.2) is 35.2 Å². The maximum atomic E-state index is 13.0. The van der Waals surface area contributed by atoms with E-state index >= 15 is 0 Å². The van der Waals surface area contributed by atoms with Gasteiger partial charge >= 0.3 is 6.18 Å². The van der Waals surface area contributed by atoms with Gasteiger partial charge in [0.05, 0.1) is 16.0 Å². The molecule has 0 radical (unpaired) electrons. The molecule has 3 aromatic rings. The van der Waals surface area contributed by atoms with Crippen molar-refractivity contribution >= 4 is 55.0 Å². The number of rotatable bonds is 9. The second-order valence-electron chi connectivity index (χ2n) is 8.66. The third kappa shape index (κ3) is 6.52. The van der Waals surface area contributed by atoms with Crippen molar-refractivity contribution in [1.82, 2.24) is 15.5 Å². The third-order valence-corrected chi connectivity index (χ3v) is 8.58. The second kappa shape index (κ2) is 10.7. The molecule has 1 amide bonds. The zero-order chi connectivity index (χ0) is 27.0. The van der Waals surface area contributed by atoms with E-state index < -0.39 is 27.7 Å². The van der Waals surface area contributed by atoms with Gasteiger partial charge in [-0.05, 0) is 64.9 Å². The number of halogens is 4. The fraction of sp³-hybridized carbons (Fsp3) is 0.348. The van der Waals surface area contributed by atoms with Gasteiger partial charge in [-0.25, -0.2) is 8.42 Å². The maximum Gasteiger partial charge on any atom is 0.416 e. The van der Waals surface area contributed by atoms with Crippen LogP contribution in [0.4, 0.5) is 18.3 Å². The molecular weight excluding hydrogens is 644 g/mol. The van der Waals surface area contributed by atoms with E-state index in [9.17, 15) is 26.4 Å². The molecule has 1 aliphatic carbocycles. The van der Waals surface area contributed by atoms with Crippen molar-refractivity contribution in [3.63, 3.8) is 0 Å². The van der Waals surface area contributed by atoms with Crippen LogP contribution in [0.2, 0.25) is 0 Å². The Morgan fingerprint density at radius 3 is 2.49 bits per heavy atom. The van der Waals surface area contributed by atoms with E-state index in [1.54, 1.807) is 12.1 Å². The zero-order valence-electron chi connectivity index (χ0n) is 19.5. The van der Waals surface area contributed by atoms with Gasteiger partial charge in [-0.2, -0.15) is 13.2 Å². The van der Waals surface area contributed by atoms with Crippen LogP contribution in [0.25, 0.3) is 0 Å². The molecule has 14 heteroatoms. The number of aromatic nitrogens is 2. The Kier molecular flexibility index (Phi) is 7.99. The molecule has 0 saturated heterocycles. The van der Waals surface area contributed by atoms with Crippen LogP contribution < -0.4 is 14.8 Å². The van der Waals surface area contributed by atoms with Crippen molar-refractivity contribution in [3.05, 3.63) is 64.2 Å². The number of anilines is 1. The largest absolute Gasteiger partial charge is 0.482 e. The number of carbonyl (C=O) groups excluding carboxylic acids is 1. The van der Waals surface area contributed by atoms with Gasteiger partial charge < -0.3 is 10.1 Å². The number of amides is 1. The molecule has 1 heterocycles. The van der Waals surface area contributed by atoms with Crippen LogP contribution >= 0.6 is 33.9 Å². The predicted molar refractivity (Wildman–Crippen MR) is 141 cm³/mol. The lowest BCUT2D eigenvalue weighted by Gasteiger charge is -2.13. The van der Waals surface area contributed by atoms with Gasteiger partial charge in [-0.1, -0.05) is 37.3 Å². The highest BCUT2D eigenvalue weighted by atomic mass is 127. The Hall–Kier alpha value is -2.46. The van der Waals surface area contributed by atoms with Crippen LogP contribution in [-0.2, 0) is 16.2 Å². The Labute approximate surface area is 229 Å². The van der Waals surface area contributed by atoms with Gasteiger partial charge in [0.15, 0.2) is 0 Å². The first kappa shape index (κ1) is 27.6. The normalized spacial score (nSPS) is 17.5. The molecule has 37 heavy (non-hydrogen) atoms.